The normalized spacial score (nSPS) is 14.7. The lowest BCUT2D eigenvalue weighted by Crippen LogP contribution is -2.49. The molecule has 0 saturated carbocycles. The smallest absolute Gasteiger partial charge is 0.238 e. The Morgan fingerprint density at radius 1 is 1.19 bits per heavy atom. The topological polar surface area (TPSA) is 85.2 Å². The summed E-state index contributed by atoms with van der Waals surface area (Å²) in [5.74, 6) is 0.606. The molecule has 1 amide bonds. The van der Waals surface area contributed by atoms with Crippen LogP contribution < -0.4 is 10.2 Å². The van der Waals surface area contributed by atoms with Crippen molar-refractivity contribution in [2.75, 3.05) is 42.9 Å². The number of nitrogens with one attached hydrogen (secondary N) is 1. The zero-order valence-corrected chi connectivity index (χ0v) is 17.0. The quantitative estimate of drug-likeness (QED) is 0.804. The Bertz CT molecular complexity index is 869. The summed E-state index contributed by atoms with van der Waals surface area (Å²) >= 11 is 3.38. The highest BCUT2D eigenvalue weighted by Crippen LogP contribution is 2.22. The van der Waals surface area contributed by atoms with Gasteiger partial charge in [0.25, 0.3) is 0 Å². The monoisotopic (exact) mass is 428 g/mol. The van der Waals surface area contributed by atoms with Gasteiger partial charge in [0, 0.05) is 36.3 Å². The molecule has 0 aliphatic carbocycles. The van der Waals surface area contributed by atoms with Gasteiger partial charge in [-0.25, -0.2) is 0 Å². The van der Waals surface area contributed by atoms with Crippen LogP contribution in [0.15, 0.2) is 28.7 Å². The first-order chi connectivity index (χ1) is 13.0. The number of carbonyl (C=O) groups is 1. The fraction of sp³-hybridized carbons (Fsp3) is 0.368. The summed E-state index contributed by atoms with van der Waals surface area (Å²) in [5.41, 5.74) is 3.02. The molecular weight excluding hydrogens is 408 g/mol. The van der Waals surface area contributed by atoms with Crippen LogP contribution in [0.5, 0.6) is 0 Å². The maximum atomic E-state index is 12.3. The van der Waals surface area contributed by atoms with Gasteiger partial charge in [0.15, 0.2) is 5.82 Å². The van der Waals surface area contributed by atoms with Crippen LogP contribution >= 0.6 is 15.9 Å². The van der Waals surface area contributed by atoms with Crippen molar-refractivity contribution in [3.05, 3.63) is 45.6 Å². The minimum absolute atomic E-state index is 0.0329. The third-order valence-corrected chi connectivity index (χ3v) is 5.24. The third kappa shape index (κ3) is 4.62. The molecule has 1 fully saturated rings. The van der Waals surface area contributed by atoms with E-state index in [1.165, 1.54) is 0 Å². The molecule has 1 aliphatic rings. The van der Waals surface area contributed by atoms with E-state index in [1.807, 2.05) is 38.1 Å². The van der Waals surface area contributed by atoms with Gasteiger partial charge >= 0.3 is 0 Å². The molecule has 1 saturated heterocycles. The average molecular weight is 429 g/mol. The molecule has 0 unspecified atom stereocenters. The van der Waals surface area contributed by atoms with Crippen molar-refractivity contribution in [2.24, 2.45) is 0 Å². The molecule has 1 N–H and O–H groups in total. The molecule has 1 aromatic heterocycles. The highest BCUT2D eigenvalue weighted by Gasteiger charge is 2.23. The predicted molar refractivity (Wildman–Crippen MR) is 108 cm³/mol. The minimum Gasteiger partial charge on any atom is -0.351 e. The van der Waals surface area contributed by atoms with Crippen molar-refractivity contribution >= 4 is 33.3 Å². The van der Waals surface area contributed by atoms with Gasteiger partial charge in [-0.3, -0.25) is 9.69 Å². The largest absolute Gasteiger partial charge is 0.351 e. The van der Waals surface area contributed by atoms with E-state index in [0.29, 0.717) is 31.0 Å². The zero-order chi connectivity index (χ0) is 19.4. The molecule has 140 valence electrons. The molecule has 8 heteroatoms. The third-order valence-electron chi connectivity index (χ3n) is 4.71. The van der Waals surface area contributed by atoms with Gasteiger partial charge in [0.1, 0.15) is 11.6 Å². The number of hydrogen-bond acceptors (Lipinski definition) is 6. The molecule has 0 radical (unpaired) electrons. The highest BCUT2D eigenvalue weighted by atomic mass is 79.9. The fourth-order valence-electron chi connectivity index (χ4n) is 3.01. The molecule has 2 heterocycles. The van der Waals surface area contributed by atoms with Crippen LogP contribution in [0.25, 0.3) is 0 Å². The Balaban J connectivity index is 1.56. The van der Waals surface area contributed by atoms with Gasteiger partial charge in [-0.1, -0.05) is 15.9 Å². The second-order valence-corrected chi connectivity index (χ2v) is 7.45. The molecule has 3 rings (SSSR count). The lowest BCUT2D eigenvalue weighted by molar-refractivity contribution is -0.117. The lowest BCUT2D eigenvalue weighted by Gasteiger charge is -2.35. The van der Waals surface area contributed by atoms with Crippen LogP contribution in [0.2, 0.25) is 0 Å². The summed E-state index contributed by atoms with van der Waals surface area (Å²) in [6.45, 7) is 6.96. The van der Waals surface area contributed by atoms with Gasteiger partial charge in [0.05, 0.1) is 12.2 Å². The first-order valence-corrected chi connectivity index (χ1v) is 9.54. The number of nitriles is 1. The first kappa shape index (κ1) is 19.3. The molecule has 1 aromatic carbocycles. The Labute approximate surface area is 167 Å². The zero-order valence-electron chi connectivity index (χ0n) is 15.4. The number of aryl methyl sites for hydroxylation is 1. The number of piperazine rings is 1. The Morgan fingerprint density at radius 2 is 1.85 bits per heavy atom. The maximum Gasteiger partial charge on any atom is 0.238 e. The second-order valence-electron chi connectivity index (χ2n) is 6.54. The van der Waals surface area contributed by atoms with E-state index in [0.717, 1.165) is 34.5 Å². The summed E-state index contributed by atoms with van der Waals surface area (Å²) in [6.07, 6.45) is 0. The molecule has 1 aliphatic heterocycles. The van der Waals surface area contributed by atoms with Crippen LogP contribution in [-0.4, -0.2) is 53.7 Å². The van der Waals surface area contributed by atoms with Crippen molar-refractivity contribution in [1.29, 1.82) is 5.26 Å². The molecule has 0 bridgehead atoms. The second kappa shape index (κ2) is 8.46. The Morgan fingerprint density at radius 3 is 2.48 bits per heavy atom. The highest BCUT2D eigenvalue weighted by molar-refractivity contribution is 9.10. The first-order valence-electron chi connectivity index (χ1n) is 8.74. The van der Waals surface area contributed by atoms with Crippen LogP contribution in [0.1, 0.15) is 16.8 Å². The van der Waals surface area contributed by atoms with E-state index in [1.54, 1.807) is 0 Å². The summed E-state index contributed by atoms with van der Waals surface area (Å²) in [6, 6.07) is 9.77. The van der Waals surface area contributed by atoms with E-state index in [4.69, 9.17) is 0 Å². The predicted octanol–water partition coefficient (Wildman–Crippen LogP) is 2.49. The number of aromatic nitrogens is 2. The van der Waals surface area contributed by atoms with Gasteiger partial charge in [-0.05, 0) is 43.7 Å². The number of amides is 1. The van der Waals surface area contributed by atoms with Crippen molar-refractivity contribution in [1.82, 2.24) is 15.1 Å². The van der Waals surface area contributed by atoms with Crippen molar-refractivity contribution in [2.45, 2.75) is 13.8 Å². The van der Waals surface area contributed by atoms with Gasteiger partial charge in [0.2, 0.25) is 5.91 Å². The number of anilines is 2. The van der Waals surface area contributed by atoms with E-state index in [2.05, 4.69) is 47.3 Å². The van der Waals surface area contributed by atoms with Crippen molar-refractivity contribution in [3.63, 3.8) is 0 Å². The van der Waals surface area contributed by atoms with Gasteiger partial charge < -0.3 is 10.2 Å². The fourth-order valence-corrected chi connectivity index (χ4v) is 3.27. The number of benzene rings is 1. The Kier molecular flexibility index (Phi) is 6.04. The SMILES string of the molecule is Cc1nnc(N2CCN(CC(=O)Nc3ccc(Br)cc3)CC2)c(C#N)c1C. The summed E-state index contributed by atoms with van der Waals surface area (Å²) in [4.78, 5) is 16.4. The summed E-state index contributed by atoms with van der Waals surface area (Å²) in [5, 5.41) is 20.8. The lowest BCUT2D eigenvalue weighted by atomic mass is 10.1. The van der Waals surface area contributed by atoms with Gasteiger partial charge in [-0.15, -0.1) is 5.10 Å². The van der Waals surface area contributed by atoms with Crippen LogP contribution in [0, 0.1) is 25.2 Å². The van der Waals surface area contributed by atoms with E-state index < -0.39 is 0 Å². The number of carbonyl (C=O) groups excluding carboxylic acids is 1. The molecule has 0 spiro atoms. The van der Waals surface area contributed by atoms with Crippen LogP contribution in [-0.2, 0) is 4.79 Å². The average Bonchev–Trinajstić information content (AvgIpc) is 2.66. The minimum atomic E-state index is -0.0329. The number of rotatable bonds is 4. The number of nitrogens with zero attached hydrogens (tertiary/aromatic N) is 5. The molecule has 27 heavy (non-hydrogen) atoms. The summed E-state index contributed by atoms with van der Waals surface area (Å²) in [7, 11) is 0. The van der Waals surface area contributed by atoms with E-state index in [-0.39, 0.29) is 5.91 Å². The molecule has 2 aromatic rings. The van der Waals surface area contributed by atoms with Crippen molar-refractivity contribution < 1.29 is 4.79 Å². The number of hydrogen-bond donors (Lipinski definition) is 1. The molecule has 7 nitrogen and oxygen atoms in total. The molecule has 0 atom stereocenters. The maximum absolute atomic E-state index is 12.3. The Hall–Kier alpha value is -2.50. The van der Waals surface area contributed by atoms with Crippen LogP contribution in [0.4, 0.5) is 11.5 Å². The van der Waals surface area contributed by atoms with Crippen molar-refractivity contribution in [3.8, 4) is 6.07 Å². The van der Waals surface area contributed by atoms with Crippen LogP contribution in [0.3, 0.4) is 0 Å². The molecular formula is C19H21BrN6O. The standard InChI is InChI=1S/C19H21BrN6O/c1-13-14(2)23-24-19(17(13)11-21)26-9-7-25(8-10-26)12-18(27)22-16-5-3-15(20)4-6-16/h3-6H,7-10,12H2,1-2H3,(H,22,27). The van der Waals surface area contributed by atoms with Gasteiger partial charge in [-0.2, -0.15) is 10.4 Å². The summed E-state index contributed by atoms with van der Waals surface area (Å²) < 4.78 is 0.975. The van der Waals surface area contributed by atoms with E-state index >= 15 is 0 Å². The van der Waals surface area contributed by atoms with E-state index in [9.17, 15) is 10.1 Å². The number of halogens is 1.